The highest BCUT2D eigenvalue weighted by atomic mass is 127. The third-order valence-corrected chi connectivity index (χ3v) is 3.75. The van der Waals surface area contributed by atoms with Gasteiger partial charge in [0.2, 0.25) is 0 Å². The molecule has 0 aromatic heterocycles. The number of hydrogen-bond donors (Lipinski definition) is 2. The summed E-state index contributed by atoms with van der Waals surface area (Å²) in [5.74, 6) is -0.929. The van der Waals surface area contributed by atoms with Crippen LogP contribution in [0.5, 0.6) is 5.75 Å². The van der Waals surface area contributed by atoms with Crippen LogP contribution in [0.1, 0.15) is 15.9 Å². The molecule has 2 aromatic rings. The molecule has 0 aliphatic carbocycles. The number of hydrazone groups is 1. The normalized spacial score (nSPS) is 10.8. The third kappa shape index (κ3) is 4.33. The molecule has 0 spiro atoms. The first kappa shape index (κ1) is 16.1. The average Bonchev–Trinajstić information content (AvgIpc) is 2.44. The van der Waals surface area contributed by atoms with Gasteiger partial charge in [-0.15, -0.1) is 0 Å². The summed E-state index contributed by atoms with van der Waals surface area (Å²) in [7, 11) is 0. The van der Waals surface area contributed by atoms with E-state index >= 15 is 0 Å². The Balaban J connectivity index is 2.10. The van der Waals surface area contributed by atoms with E-state index in [9.17, 15) is 9.90 Å². The molecule has 0 heterocycles. The first-order valence-electron chi connectivity index (χ1n) is 5.74. The van der Waals surface area contributed by atoms with E-state index < -0.39 is 5.91 Å². The molecule has 0 fully saturated rings. The fourth-order valence-electron chi connectivity index (χ4n) is 1.51. The van der Waals surface area contributed by atoms with E-state index in [0.29, 0.717) is 0 Å². The molecule has 2 rings (SSSR count). The minimum atomic E-state index is -0.598. The Kier molecular flexibility index (Phi) is 5.44. The SMILES string of the molecule is O=C(NN=Cc1ccc(I)cc1)c1cc(Cl)cc(Cl)c1O. The van der Waals surface area contributed by atoms with Crippen molar-refractivity contribution >= 4 is 57.9 Å². The van der Waals surface area contributed by atoms with Crippen LogP contribution in [-0.2, 0) is 0 Å². The second-order valence-corrected chi connectivity index (χ2v) is 6.12. The molecule has 7 heteroatoms. The number of phenols is 1. The number of carbonyl (C=O) groups excluding carboxylic acids is 1. The summed E-state index contributed by atoms with van der Waals surface area (Å²) in [6.07, 6.45) is 1.50. The van der Waals surface area contributed by atoms with E-state index in [1.165, 1.54) is 18.3 Å². The second kappa shape index (κ2) is 7.11. The third-order valence-electron chi connectivity index (χ3n) is 2.52. The molecule has 0 radical (unpaired) electrons. The Bertz CT molecular complexity index is 703. The number of benzene rings is 2. The summed E-state index contributed by atoms with van der Waals surface area (Å²) in [4.78, 5) is 11.9. The highest BCUT2D eigenvalue weighted by molar-refractivity contribution is 14.1. The molecule has 0 aliphatic heterocycles. The topological polar surface area (TPSA) is 61.7 Å². The van der Waals surface area contributed by atoms with Crippen LogP contribution >= 0.6 is 45.8 Å². The van der Waals surface area contributed by atoms with Gasteiger partial charge in [-0.1, -0.05) is 35.3 Å². The lowest BCUT2D eigenvalue weighted by Gasteiger charge is -2.05. The van der Waals surface area contributed by atoms with Crippen molar-refractivity contribution in [2.75, 3.05) is 0 Å². The van der Waals surface area contributed by atoms with Crippen molar-refractivity contribution in [1.82, 2.24) is 5.43 Å². The van der Waals surface area contributed by atoms with E-state index in [-0.39, 0.29) is 21.4 Å². The Hall–Kier alpha value is -1.31. The molecule has 108 valence electrons. The van der Waals surface area contributed by atoms with Crippen LogP contribution in [0.4, 0.5) is 0 Å². The largest absolute Gasteiger partial charge is 0.506 e. The minimum Gasteiger partial charge on any atom is -0.506 e. The van der Waals surface area contributed by atoms with Crippen molar-refractivity contribution in [2.24, 2.45) is 5.10 Å². The molecule has 1 amide bonds. The van der Waals surface area contributed by atoms with E-state index in [2.05, 4.69) is 33.1 Å². The Labute approximate surface area is 144 Å². The van der Waals surface area contributed by atoms with Crippen LogP contribution in [0.2, 0.25) is 10.0 Å². The molecule has 0 aliphatic rings. The van der Waals surface area contributed by atoms with Gasteiger partial charge in [-0.05, 0) is 52.4 Å². The molecular weight excluding hydrogens is 426 g/mol. The summed E-state index contributed by atoms with van der Waals surface area (Å²) in [6.45, 7) is 0. The van der Waals surface area contributed by atoms with Crippen molar-refractivity contribution in [1.29, 1.82) is 0 Å². The predicted octanol–water partition coefficient (Wildman–Crippen LogP) is 4.07. The zero-order valence-electron chi connectivity index (χ0n) is 10.5. The summed E-state index contributed by atoms with van der Waals surface area (Å²) >= 11 is 13.7. The molecular formula is C14H9Cl2IN2O2. The van der Waals surface area contributed by atoms with E-state index in [4.69, 9.17) is 23.2 Å². The number of hydrogen-bond acceptors (Lipinski definition) is 3. The van der Waals surface area contributed by atoms with Crippen molar-refractivity contribution in [3.8, 4) is 5.75 Å². The molecule has 0 bridgehead atoms. The lowest BCUT2D eigenvalue weighted by Crippen LogP contribution is -2.17. The second-order valence-electron chi connectivity index (χ2n) is 4.03. The maximum Gasteiger partial charge on any atom is 0.275 e. The predicted molar refractivity (Wildman–Crippen MR) is 92.3 cm³/mol. The quantitative estimate of drug-likeness (QED) is 0.434. The molecule has 0 saturated carbocycles. The molecule has 4 nitrogen and oxygen atoms in total. The van der Waals surface area contributed by atoms with E-state index in [1.807, 2.05) is 24.3 Å². The van der Waals surface area contributed by atoms with Gasteiger partial charge in [-0.2, -0.15) is 5.10 Å². The van der Waals surface area contributed by atoms with Gasteiger partial charge in [0.25, 0.3) is 5.91 Å². The van der Waals surface area contributed by atoms with Crippen LogP contribution in [-0.4, -0.2) is 17.2 Å². The Morgan fingerprint density at radius 3 is 2.57 bits per heavy atom. The van der Waals surface area contributed by atoms with Gasteiger partial charge in [-0.25, -0.2) is 5.43 Å². The van der Waals surface area contributed by atoms with Crippen LogP contribution < -0.4 is 5.43 Å². The summed E-state index contributed by atoms with van der Waals surface area (Å²) in [5.41, 5.74) is 3.11. The monoisotopic (exact) mass is 434 g/mol. The number of nitrogens with one attached hydrogen (secondary N) is 1. The van der Waals surface area contributed by atoms with Crippen molar-refractivity contribution in [2.45, 2.75) is 0 Å². The van der Waals surface area contributed by atoms with Crippen LogP contribution in [0.15, 0.2) is 41.5 Å². The zero-order chi connectivity index (χ0) is 15.4. The fraction of sp³-hybridized carbons (Fsp3) is 0. The first-order valence-corrected chi connectivity index (χ1v) is 7.58. The lowest BCUT2D eigenvalue weighted by molar-refractivity contribution is 0.0952. The van der Waals surface area contributed by atoms with Crippen LogP contribution in [0, 0.1) is 3.57 Å². The summed E-state index contributed by atoms with van der Waals surface area (Å²) < 4.78 is 1.10. The Morgan fingerprint density at radius 2 is 1.90 bits per heavy atom. The molecule has 0 unspecified atom stereocenters. The van der Waals surface area contributed by atoms with Crippen molar-refractivity contribution in [3.63, 3.8) is 0 Å². The smallest absolute Gasteiger partial charge is 0.275 e. The van der Waals surface area contributed by atoms with Crippen LogP contribution in [0.25, 0.3) is 0 Å². The molecule has 0 saturated heterocycles. The van der Waals surface area contributed by atoms with Gasteiger partial charge >= 0.3 is 0 Å². The number of rotatable bonds is 3. The number of nitrogens with zero attached hydrogens (tertiary/aromatic N) is 1. The molecule has 0 atom stereocenters. The van der Waals surface area contributed by atoms with E-state index in [1.54, 1.807) is 0 Å². The van der Waals surface area contributed by atoms with Crippen molar-refractivity contribution < 1.29 is 9.90 Å². The fourth-order valence-corrected chi connectivity index (χ4v) is 2.37. The molecule has 2 N–H and O–H groups in total. The maximum absolute atomic E-state index is 11.9. The highest BCUT2D eigenvalue weighted by Crippen LogP contribution is 2.30. The summed E-state index contributed by atoms with van der Waals surface area (Å²) in [6, 6.07) is 10.2. The maximum atomic E-state index is 11.9. The van der Waals surface area contributed by atoms with Gasteiger partial charge in [0.1, 0.15) is 5.75 Å². The summed E-state index contributed by atoms with van der Waals surface area (Å²) in [5, 5.41) is 13.8. The zero-order valence-corrected chi connectivity index (χ0v) is 14.1. The minimum absolute atomic E-state index is 0.00858. The van der Waals surface area contributed by atoms with Gasteiger partial charge in [0.05, 0.1) is 16.8 Å². The number of aromatic hydroxyl groups is 1. The van der Waals surface area contributed by atoms with Gasteiger partial charge in [-0.3, -0.25) is 4.79 Å². The van der Waals surface area contributed by atoms with Gasteiger partial charge in [0.15, 0.2) is 0 Å². The van der Waals surface area contributed by atoms with Crippen molar-refractivity contribution in [3.05, 3.63) is 61.1 Å². The number of carbonyl (C=O) groups is 1. The van der Waals surface area contributed by atoms with Gasteiger partial charge in [0, 0.05) is 8.59 Å². The first-order chi connectivity index (χ1) is 9.97. The number of halogens is 3. The van der Waals surface area contributed by atoms with Crippen LogP contribution in [0.3, 0.4) is 0 Å². The molecule has 2 aromatic carbocycles. The average molecular weight is 435 g/mol. The van der Waals surface area contributed by atoms with Gasteiger partial charge < -0.3 is 5.11 Å². The standard InChI is InChI=1S/C14H9Cl2IN2O2/c15-9-5-11(13(20)12(16)6-9)14(21)19-18-7-8-1-3-10(17)4-2-8/h1-7,20H,(H,19,21). The molecule has 21 heavy (non-hydrogen) atoms. The lowest BCUT2D eigenvalue weighted by atomic mass is 10.2. The van der Waals surface area contributed by atoms with E-state index in [0.717, 1.165) is 9.13 Å². The number of phenolic OH excluding ortho intramolecular Hbond substituents is 1. The highest BCUT2D eigenvalue weighted by Gasteiger charge is 2.14. The Morgan fingerprint density at radius 1 is 1.24 bits per heavy atom. The number of amides is 1.